The maximum absolute atomic E-state index is 6.40. The summed E-state index contributed by atoms with van der Waals surface area (Å²) in [5, 5.41) is 9.48. The van der Waals surface area contributed by atoms with Gasteiger partial charge in [-0.1, -0.05) is 60.5 Å². The Morgan fingerprint density at radius 2 is 1.94 bits per heavy atom. The molecule has 6 rings (SSSR count). The van der Waals surface area contributed by atoms with Crippen LogP contribution >= 0.6 is 11.9 Å². The van der Waals surface area contributed by atoms with Gasteiger partial charge < -0.3 is 5.73 Å². The number of benzene rings is 1. The molecule has 1 aliphatic carbocycles. The number of nitrogens with two attached hydrogens (primary N) is 1. The van der Waals surface area contributed by atoms with Gasteiger partial charge in [-0.25, -0.2) is 9.50 Å². The molecule has 1 saturated heterocycles. The topological polar surface area (TPSA) is 77.3 Å². The smallest absolute Gasteiger partial charge is 0.151 e. The third kappa shape index (κ3) is 4.28. The van der Waals surface area contributed by atoms with E-state index in [0.29, 0.717) is 11.7 Å². The second-order valence-corrected chi connectivity index (χ2v) is 10.1. The standard InChI is InChI=1S/C27H29N7S/c1-35-33-13-11-21(12-14-33)25-15-23(26-27(28)29-18-30-34(25)26)20-7-8-22-17-32(31-24(22)10-9-20)16-19-5-3-2-4-6-19/h2-9,15,17-18,21H,10-14,16H2,1H3,(H2,28,29,30). The van der Waals surface area contributed by atoms with Gasteiger partial charge in [0.1, 0.15) is 11.8 Å². The highest BCUT2D eigenvalue weighted by atomic mass is 32.2. The Hall–Kier alpha value is -3.36. The van der Waals surface area contributed by atoms with Crippen LogP contribution in [0, 0.1) is 0 Å². The summed E-state index contributed by atoms with van der Waals surface area (Å²) >= 11 is 1.83. The first-order chi connectivity index (χ1) is 17.2. The van der Waals surface area contributed by atoms with E-state index in [1.807, 2.05) is 27.2 Å². The third-order valence-electron chi connectivity index (χ3n) is 7.07. The van der Waals surface area contributed by atoms with Gasteiger partial charge in [-0.05, 0) is 36.3 Å². The van der Waals surface area contributed by atoms with Crippen LogP contribution in [0.25, 0.3) is 17.2 Å². The first kappa shape index (κ1) is 22.1. The van der Waals surface area contributed by atoms with Crippen LogP contribution in [0.4, 0.5) is 5.82 Å². The van der Waals surface area contributed by atoms with Crippen molar-refractivity contribution in [3.8, 4) is 0 Å². The molecule has 0 spiro atoms. The Kier molecular flexibility index (Phi) is 5.91. The van der Waals surface area contributed by atoms with Gasteiger partial charge in [0.25, 0.3) is 0 Å². The SMILES string of the molecule is CSN1CCC(c2cc(C3=CCc4nn(Cc5ccccc5)cc4C=C3)c3c(N)ncnn23)CC1. The average Bonchev–Trinajstić information content (AvgIpc) is 3.41. The predicted molar refractivity (Wildman–Crippen MR) is 143 cm³/mol. The van der Waals surface area contributed by atoms with Gasteiger partial charge in [0.05, 0.1) is 12.2 Å². The van der Waals surface area contributed by atoms with E-state index in [0.717, 1.165) is 66.8 Å². The highest BCUT2D eigenvalue weighted by Crippen LogP contribution is 2.36. The molecule has 0 amide bonds. The zero-order valence-corrected chi connectivity index (χ0v) is 20.7. The van der Waals surface area contributed by atoms with Gasteiger partial charge in [-0.2, -0.15) is 10.2 Å². The first-order valence-electron chi connectivity index (χ1n) is 12.1. The summed E-state index contributed by atoms with van der Waals surface area (Å²) in [5.41, 5.74) is 14.3. The number of nitrogen functional groups attached to an aromatic ring is 1. The van der Waals surface area contributed by atoms with Crippen LogP contribution in [-0.4, -0.2) is 48.0 Å². The lowest BCUT2D eigenvalue weighted by Gasteiger charge is -2.29. The third-order valence-corrected chi connectivity index (χ3v) is 7.95. The number of piperidine rings is 1. The van der Waals surface area contributed by atoms with Gasteiger partial charge in [-0.15, -0.1) is 0 Å². The van der Waals surface area contributed by atoms with E-state index in [2.05, 4.69) is 75.4 Å². The van der Waals surface area contributed by atoms with Crippen molar-refractivity contribution in [2.45, 2.75) is 31.7 Å². The molecule has 0 saturated carbocycles. The van der Waals surface area contributed by atoms with E-state index in [9.17, 15) is 0 Å². The molecule has 3 aromatic heterocycles. The van der Waals surface area contributed by atoms with Gasteiger partial charge in [-0.3, -0.25) is 8.99 Å². The van der Waals surface area contributed by atoms with Crippen molar-refractivity contribution < 1.29 is 0 Å². The summed E-state index contributed by atoms with van der Waals surface area (Å²) in [4.78, 5) is 4.32. The lowest BCUT2D eigenvalue weighted by atomic mass is 9.94. The number of hydrogen-bond donors (Lipinski definition) is 1. The van der Waals surface area contributed by atoms with E-state index in [4.69, 9.17) is 10.8 Å². The molecule has 8 heteroatoms. The van der Waals surface area contributed by atoms with Crippen LogP contribution in [0.3, 0.4) is 0 Å². The number of fused-ring (bicyclic) bond motifs is 2. The number of rotatable bonds is 5. The van der Waals surface area contributed by atoms with Gasteiger partial charge >= 0.3 is 0 Å². The number of aromatic nitrogens is 5. The molecule has 0 atom stereocenters. The maximum atomic E-state index is 6.40. The Morgan fingerprint density at radius 1 is 1.11 bits per heavy atom. The van der Waals surface area contributed by atoms with E-state index in [1.165, 1.54) is 11.3 Å². The molecule has 0 bridgehead atoms. The molecule has 0 unspecified atom stereocenters. The largest absolute Gasteiger partial charge is 0.382 e. The highest BCUT2D eigenvalue weighted by molar-refractivity contribution is 7.96. The van der Waals surface area contributed by atoms with Crippen molar-refractivity contribution in [2.24, 2.45) is 0 Å². The fourth-order valence-electron chi connectivity index (χ4n) is 5.22. The molecule has 2 aliphatic rings. The zero-order valence-electron chi connectivity index (χ0n) is 19.8. The van der Waals surface area contributed by atoms with Crippen molar-refractivity contribution in [3.63, 3.8) is 0 Å². The predicted octanol–water partition coefficient (Wildman–Crippen LogP) is 4.67. The van der Waals surface area contributed by atoms with E-state index in [-0.39, 0.29) is 0 Å². The molecule has 1 aromatic carbocycles. The van der Waals surface area contributed by atoms with E-state index >= 15 is 0 Å². The fourth-order valence-corrected chi connectivity index (χ4v) is 5.79. The molecule has 4 heterocycles. The summed E-state index contributed by atoms with van der Waals surface area (Å²) in [7, 11) is 0. The van der Waals surface area contributed by atoms with Gasteiger partial charge in [0.15, 0.2) is 5.82 Å². The molecular formula is C27H29N7S. The monoisotopic (exact) mass is 483 g/mol. The maximum Gasteiger partial charge on any atom is 0.151 e. The summed E-state index contributed by atoms with van der Waals surface area (Å²) in [6.07, 6.45) is 15.5. The average molecular weight is 484 g/mol. The molecule has 1 fully saturated rings. The lowest BCUT2D eigenvalue weighted by molar-refractivity contribution is 0.341. The zero-order chi connectivity index (χ0) is 23.8. The number of anilines is 1. The molecular weight excluding hydrogens is 454 g/mol. The Bertz CT molecular complexity index is 1410. The molecule has 2 N–H and O–H groups in total. The number of allylic oxidation sites excluding steroid dienone is 3. The van der Waals surface area contributed by atoms with Crippen molar-refractivity contribution in [3.05, 3.63) is 89.2 Å². The quantitative estimate of drug-likeness (QED) is 0.416. The van der Waals surface area contributed by atoms with Gasteiger partial charge in [0.2, 0.25) is 0 Å². The molecule has 1 aliphatic heterocycles. The van der Waals surface area contributed by atoms with Crippen molar-refractivity contribution in [1.29, 1.82) is 0 Å². The Balaban J connectivity index is 1.31. The summed E-state index contributed by atoms with van der Waals surface area (Å²) in [5.74, 6) is 0.981. The molecule has 0 radical (unpaired) electrons. The van der Waals surface area contributed by atoms with Crippen LogP contribution in [0.15, 0.2) is 61.1 Å². The second kappa shape index (κ2) is 9.36. The highest BCUT2D eigenvalue weighted by Gasteiger charge is 2.26. The van der Waals surface area contributed by atoms with Crippen LogP contribution in [-0.2, 0) is 13.0 Å². The number of hydrogen-bond acceptors (Lipinski definition) is 6. The minimum absolute atomic E-state index is 0.460. The van der Waals surface area contributed by atoms with Crippen molar-refractivity contribution in [1.82, 2.24) is 28.7 Å². The summed E-state index contributed by atoms with van der Waals surface area (Å²) < 4.78 is 6.49. The Morgan fingerprint density at radius 3 is 2.74 bits per heavy atom. The second-order valence-electron chi connectivity index (χ2n) is 9.19. The normalized spacial score (nSPS) is 16.9. The molecule has 4 aromatic rings. The van der Waals surface area contributed by atoms with Gasteiger partial charge in [0, 0.05) is 48.4 Å². The summed E-state index contributed by atoms with van der Waals surface area (Å²) in [6, 6.07) is 12.7. The molecule has 35 heavy (non-hydrogen) atoms. The number of nitrogens with zero attached hydrogens (tertiary/aromatic N) is 6. The summed E-state index contributed by atoms with van der Waals surface area (Å²) in [6.45, 7) is 2.95. The minimum atomic E-state index is 0.460. The fraction of sp³-hybridized carbons (Fsp3) is 0.296. The molecule has 178 valence electrons. The molecule has 7 nitrogen and oxygen atoms in total. The van der Waals surface area contributed by atoms with Crippen LogP contribution in [0.1, 0.15) is 46.8 Å². The Labute approximate surface area is 209 Å². The van der Waals surface area contributed by atoms with Crippen molar-refractivity contribution >= 4 is 34.9 Å². The van der Waals surface area contributed by atoms with Crippen LogP contribution < -0.4 is 5.73 Å². The lowest BCUT2D eigenvalue weighted by Crippen LogP contribution is -2.27. The van der Waals surface area contributed by atoms with Crippen LogP contribution in [0.2, 0.25) is 0 Å². The van der Waals surface area contributed by atoms with E-state index < -0.39 is 0 Å². The minimum Gasteiger partial charge on any atom is -0.382 e. The first-order valence-corrected chi connectivity index (χ1v) is 13.3. The van der Waals surface area contributed by atoms with E-state index in [1.54, 1.807) is 6.33 Å². The van der Waals surface area contributed by atoms with Crippen LogP contribution in [0.5, 0.6) is 0 Å². The van der Waals surface area contributed by atoms with Crippen molar-refractivity contribution in [2.75, 3.05) is 25.1 Å².